The van der Waals surface area contributed by atoms with E-state index in [9.17, 15) is 0 Å². The van der Waals surface area contributed by atoms with Crippen LogP contribution in [0.1, 0.15) is 0 Å². The molecule has 59 valence electrons. The first-order chi connectivity index (χ1) is 0. The Balaban J connectivity index is 0. The van der Waals surface area contributed by atoms with Crippen molar-refractivity contribution < 1.29 is 126 Å². The van der Waals surface area contributed by atoms with Crippen LogP contribution in [0.5, 0.6) is 0 Å². The Morgan fingerprint density at radius 3 is 0.333 bits per heavy atom. The zero-order valence-electron chi connectivity index (χ0n) is 3.55. The predicted octanol–water partition coefficient (Wildman–Crippen LogP) is -21.0. The van der Waals surface area contributed by atoms with Crippen molar-refractivity contribution in [1.82, 2.24) is 0 Å². The van der Waals surface area contributed by atoms with Gasteiger partial charge in [-0.05, 0) is 0 Å². The molecule has 0 nitrogen and oxygen atoms in total. The molecule has 9 heavy (non-hydrogen) atoms. The first kappa shape index (κ1) is 145. The second-order valence-corrected chi connectivity index (χ2v) is 0. The summed E-state index contributed by atoms with van der Waals surface area (Å²) in [6.07, 6.45) is 0. The van der Waals surface area contributed by atoms with Crippen molar-refractivity contribution in [1.29, 1.82) is 0 Å². The largest absolute Gasteiger partial charge is 4.00 e. The van der Waals surface area contributed by atoms with Gasteiger partial charge < -0.3 is 86.8 Å². The maximum absolute atomic E-state index is 0. The molecule has 0 aliphatic carbocycles. The number of halogens is 7. The van der Waals surface area contributed by atoms with Gasteiger partial charge in [-0.2, -0.15) is 0 Å². The summed E-state index contributed by atoms with van der Waals surface area (Å²) >= 11 is 0. The molecule has 0 fully saturated rings. The fourth-order valence-electron chi connectivity index (χ4n) is 0. The van der Waals surface area contributed by atoms with E-state index >= 15 is 0 Å². The minimum Gasteiger partial charge on any atom is -1.00 e. The quantitative estimate of drug-likeness (QED) is 0.382. The van der Waals surface area contributed by atoms with Crippen LogP contribution in [-0.2, 0) is 39.1 Å². The molecule has 0 saturated heterocycles. The molecule has 0 amide bonds. The van der Waals surface area contributed by atoms with E-state index in [1.54, 1.807) is 0 Å². The molecule has 0 rings (SSSR count). The summed E-state index contributed by atoms with van der Waals surface area (Å²) < 4.78 is 0. The second kappa shape index (κ2) is 111. The summed E-state index contributed by atoms with van der Waals surface area (Å²) in [5.74, 6) is 0. The Bertz CT molecular complexity index is 8.88. The maximum atomic E-state index is 0. The third-order valence-electron chi connectivity index (χ3n) is 0. The van der Waals surface area contributed by atoms with Gasteiger partial charge >= 0.3 is 39.1 Å². The summed E-state index contributed by atoms with van der Waals surface area (Å²) in [4.78, 5) is 0. The van der Waals surface area contributed by atoms with Gasteiger partial charge in [-0.25, -0.2) is 0 Å². The van der Waals surface area contributed by atoms with E-state index in [2.05, 4.69) is 0 Å². The molecule has 0 saturated carbocycles. The number of rotatable bonds is 0. The van der Waals surface area contributed by atoms with Crippen LogP contribution in [-0.4, -0.2) is 0 Å². The molecular formula is Cl7CrTi. The van der Waals surface area contributed by atoms with E-state index in [0.717, 1.165) is 0 Å². The second-order valence-electron chi connectivity index (χ2n) is 0. The fraction of sp³-hybridized carbons (Fsp3) is 0. The van der Waals surface area contributed by atoms with Crippen LogP contribution in [0.3, 0.4) is 0 Å². The van der Waals surface area contributed by atoms with Crippen LogP contribution >= 0.6 is 0 Å². The zero-order chi connectivity index (χ0) is 0. The van der Waals surface area contributed by atoms with Gasteiger partial charge in [-0.15, -0.1) is 0 Å². The zero-order valence-corrected chi connectivity index (χ0v) is 11.7. The number of hydrogen-bond acceptors (Lipinski definition) is 0. The van der Waals surface area contributed by atoms with Crippen LogP contribution in [0.2, 0.25) is 0 Å². The van der Waals surface area contributed by atoms with Crippen molar-refractivity contribution in [3.8, 4) is 0 Å². The molecule has 0 aromatic carbocycles. The molecule has 0 aromatic rings. The third-order valence-corrected chi connectivity index (χ3v) is 0. The standard InChI is InChI=1S/7ClH.Cr.Ti/h7*1H;;/q;;;;;;;+3;+4/p-7. The molecule has 9 heteroatoms. The first-order valence-corrected chi connectivity index (χ1v) is 0. The minimum absolute atomic E-state index is 0. The van der Waals surface area contributed by atoms with E-state index in [1.807, 2.05) is 0 Å². The van der Waals surface area contributed by atoms with Gasteiger partial charge in [0.25, 0.3) is 0 Å². The van der Waals surface area contributed by atoms with E-state index in [1.165, 1.54) is 0 Å². The Morgan fingerprint density at radius 1 is 0.333 bits per heavy atom. The van der Waals surface area contributed by atoms with Gasteiger partial charge in [-0.1, -0.05) is 0 Å². The molecule has 1 radical (unpaired) electrons. The van der Waals surface area contributed by atoms with Gasteiger partial charge in [0.2, 0.25) is 0 Å². The smallest absolute Gasteiger partial charge is 1.00 e. The monoisotopic (exact) mass is 345 g/mol. The van der Waals surface area contributed by atoms with Gasteiger partial charge in [0.15, 0.2) is 0 Å². The maximum Gasteiger partial charge on any atom is 4.00 e. The van der Waals surface area contributed by atoms with Crippen molar-refractivity contribution in [2.45, 2.75) is 0 Å². The summed E-state index contributed by atoms with van der Waals surface area (Å²) in [6, 6.07) is 0. The van der Waals surface area contributed by atoms with Gasteiger partial charge in [0, 0.05) is 0 Å². The minimum atomic E-state index is 0. The van der Waals surface area contributed by atoms with Crippen LogP contribution in [0, 0.1) is 0 Å². The van der Waals surface area contributed by atoms with Crippen molar-refractivity contribution in [3.63, 3.8) is 0 Å². The molecule has 0 unspecified atom stereocenters. The number of hydrogen-bond donors (Lipinski definition) is 0. The summed E-state index contributed by atoms with van der Waals surface area (Å²) in [5, 5.41) is 0. The SMILES string of the molecule is [Cl-].[Cl-].[Cl-].[Cl-].[Cl-].[Cl-].[Cl-].[Cr+3].[Ti+4]. The molecular weight excluding hydrogens is 348 g/mol. The third kappa shape index (κ3) is 90.4. The van der Waals surface area contributed by atoms with E-state index in [0.29, 0.717) is 0 Å². The van der Waals surface area contributed by atoms with Crippen molar-refractivity contribution in [2.24, 2.45) is 0 Å². The van der Waals surface area contributed by atoms with E-state index in [4.69, 9.17) is 0 Å². The van der Waals surface area contributed by atoms with Crippen molar-refractivity contribution >= 4 is 0 Å². The molecule has 0 heterocycles. The van der Waals surface area contributed by atoms with Crippen LogP contribution in [0.4, 0.5) is 0 Å². The van der Waals surface area contributed by atoms with Crippen LogP contribution in [0.25, 0.3) is 0 Å². The Labute approximate surface area is 124 Å². The van der Waals surface area contributed by atoms with Crippen LogP contribution in [0.15, 0.2) is 0 Å². The van der Waals surface area contributed by atoms with Gasteiger partial charge in [0.05, 0.1) is 0 Å². The average molecular weight is 348 g/mol. The summed E-state index contributed by atoms with van der Waals surface area (Å²) in [5.41, 5.74) is 0. The first-order valence-electron chi connectivity index (χ1n) is 0. The van der Waals surface area contributed by atoms with Crippen molar-refractivity contribution in [2.75, 3.05) is 0 Å². The summed E-state index contributed by atoms with van der Waals surface area (Å²) in [7, 11) is 0. The van der Waals surface area contributed by atoms with Crippen molar-refractivity contribution in [3.05, 3.63) is 0 Å². The summed E-state index contributed by atoms with van der Waals surface area (Å²) in [6.45, 7) is 0. The van der Waals surface area contributed by atoms with Gasteiger partial charge in [-0.3, -0.25) is 0 Å². The molecule has 0 aliphatic heterocycles. The predicted molar refractivity (Wildman–Crippen MR) is 0 cm³/mol. The average Bonchev–Trinajstić information content (AvgIpc) is 0. The molecule has 0 bridgehead atoms. The topological polar surface area (TPSA) is 0 Å². The normalized spacial score (nSPS) is 0. The molecule has 0 aliphatic rings. The molecule has 0 atom stereocenters. The molecule has 0 N–H and O–H groups in total. The van der Waals surface area contributed by atoms with E-state index < -0.39 is 0 Å². The Morgan fingerprint density at radius 2 is 0.333 bits per heavy atom. The van der Waals surface area contributed by atoms with E-state index in [-0.39, 0.29) is 126 Å². The fourth-order valence-corrected chi connectivity index (χ4v) is 0. The van der Waals surface area contributed by atoms with Gasteiger partial charge in [0.1, 0.15) is 0 Å². The molecule has 0 spiro atoms. The Kier molecular flexibility index (Phi) is 1790. The van der Waals surface area contributed by atoms with Crippen LogP contribution < -0.4 is 86.8 Å². The Hall–Kier alpha value is 3.28. The molecule has 0 aromatic heterocycles.